The lowest BCUT2D eigenvalue weighted by atomic mass is 9.97. The van der Waals surface area contributed by atoms with E-state index >= 15 is 0 Å². The topological polar surface area (TPSA) is 154 Å². The third-order valence-electron chi connectivity index (χ3n) is 8.95. The average molecular weight is 795 g/mol. The van der Waals surface area contributed by atoms with Crippen LogP contribution in [-0.2, 0) is 6.42 Å². The van der Waals surface area contributed by atoms with E-state index in [2.05, 4.69) is 10.6 Å². The smallest absolute Gasteiger partial charge is 0.343 e. The van der Waals surface area contributed by atoms with E-state index in [1.807, 2.05) is 0 Å². The number of rotatable bonds is 13. The molecule has 0 aliphatic rings. The number of ketones is 1. The van der Waals surface area contributed by atoms with Gasteiger partial charge in [-0.15, -0.1) is 0 Å². The Kier molecular flexibility index (Phi) is 12.4. The van der Waals surface area contributed by atoms with Crippen molar-refractivity contribution < 1.29 is 43.0 Å². The molecule has 0 unspecified atom stereocenters. The minimum atomic E-state index is -0.609. The van der Waals surface area contributed by atoms with Gasteiger partial charge in [-0.05, 0) is 121 Å². The lowest BCUT2D eigenvalue weighted by molar-refractivity contribution is 0.0725. The van der Waals surface area contributed by atoms with Gasteiger partial charge >= 0.3 is 17.9 Å². The third-order valence-corrected chi connectivity index (χ3v) is 8.95. The Morgan fingerprint density at radius 3 is 1.02 bits per heavy atom. The molecule has 0 spiro atoms. The summed E-state index contributed by atoms with van der Waals surface area (Å²) in [6.45, 7) is 0. The van der Waals surface area contributed by atoms with Gasteiger partial charge in [0.2, 0.25) is 0 Å². The van der Waals surface area contributed by atoms with E-state index in [-0.39, 0.29) is 40.4 Å². The van der Waals surface area contributed by atoms with Gasteiger partial charge in [0.1, 0.15) is 17.2 Å². The average Bonchev–Trinajstić information content (AvgIpc) is 3.29. The first-order valence-corrected chi connectivity index (χ1v) is 18.6. The molecule has 294 valence electrons. The number of carbonyl (C=O) groups is 6. The van der Waals surface area contributed by atoms with E-state index in [1.54, 1.807) is 140 Å². The summed E-state index contributed by atoms with van der Waals surface area (Å²) in [5.74, 6) is -2.39. The second kappa shape index (κ2) is 18.7. The van der Waals surface area contributed by atoms with E-state index in [0.717, 1.165) is 0 Å². The monoisotopic (exact) mass is 794 g/mol. The lowest BCUT2D eigenvalue weighted by Gasteiger charge is -2.12. The molecule has 0 aliphatic heterocycles. The molecule has 0 heterocycles. The highest BCUT2D eigenvalue weighted by Gasteiger charge is 2.19. The fraction of sp³-hybridized carbons (Fsp3) is 0.0204. The zero-order valence-electron chi connectivity index (χ0n) is 31.7. The van der Waals surface area contributed by atoms with Gasteiger partial charge in [-0.25, -0.2) is 14.4 Å². The van der Waals surface area contributed by atoms with E-state index in [4.69, 9.17) is 14.2 Å². The zero-order valence-corrected chi connectivity index (χ0v) is 31.7. The molecule has 7 rings (SSSR count). The molecule has 0 atom stereocenters. The fourth-order valence-electron chi connectivity index (χ4n) is 5.85. The number of hydrogen-bond acceptors (Lipinski definition) is 9. The van der Waals surface area contributed by atoms with Crippen molar-refractivity contribution in [3.63, 3.8) is 0 Å². The minimum Gasteiger partial charge on any atom is -0.423 e. The second-order valence-corrected chi connectivity index (χ2v) is 13.3. The normalized spacial score (nSPS) is 10.5. The molecule has 2 amide bonds. The van der Waals surface area contributed by atoms with Gasteiger partial charge in [-0.2, -0.15) is 0 Å². The SMILES string of the molecule is O=C(Cc1ccc(OC(=O)c2ccccc2)cc1)c1cc(C(=O)Nc2ccc(OC(=O)c3ccccc3)cc2)cc(C(=O)Nc2ccc(OC(=O)c3ccccc3)cc2)c1. The number of anilines is 2. The van der Waals surface area contributed by atoms with Crippen molar-refractivity contribution in [1.29, 1.82) is 0 Å². The van der Waals surface area contributed by atoms with Crippen LogP contribution in [0.15, 0.2) is 182 Å². The van der Waals surface area contributed by atoms with Gasteiger partial charge in [-0.1, -0.05) is 66.7 Å². The van der Waals surface area contributed by atoms with Crippen molar-refractivity contribution in [2.24, 2.45) is 0 Å². The Morgan fingerprint density at radius 1 is 0.350 bits per heavy atom. The van der Waals surface area contributed by atoms with Crippen LogP contribution in [0.1, 0.15) is 67.7 Å². The number of nitrogens with one attached hydrogen (secondary N) is 2. The number of esters is 3. The molecule has 0 bridgehead atoms. The van der Waals surface area contributed by atoms with Crippen molar-refractivity contribution in [2.45, 2.75) is 6.42 Å². The predicted molar refractivity (Wildman–Crippen MR) is 224 cm³/mol. The highest BCUT2D eigenvalue weighted by molar-refractivity contribution is 6.11. The van der Waals surface area contributed by atoms with Crippen molar-refractivity contribution in [2.75, 3.05) is 10.6 Å². The molecule has 7 aromatic carbocycles. The van der Waals surface area contributed by atoms with Crippen LogP contribution in [0.2, 0.25) is 0 Å². The Bertz CT molecular complexity index is 2360. The fourth-order valence-corrected chi connectivity index (χ4v) is 5.85. The van der Waals surface area contributed by atoms with Crippen LogP contribution >= 0.6 is 0 Å². The van der Waals surface area contributed by atoms with Crippen LogP contribution in [0.4, 0.5) is 11.4 Å². The first-order chi connectivity index (χ1) is 29.2. The van der Waals surface area contributed by atoms with Crippen LogP contribution in [0.5, 0.6) is 17.2 Å². The summed E-state index contributed by atoms with van der Waals surface area (Å²) in [6.07, 6.45) is -0.0919. The Morgan fingerprint density at radius 2 is 0.667 bits per heavy atom. The van der Waals surface area contributed by atoms with Gasteiger partial charge in [0.25, 0.3) is 11.8 Å². The molecule has 2 N–H and O–H groups in total. The summed E-state index contributed by atoms with van der Waals surface area (Å²) in [7, 11) is 0. The standard InChI is InChI=1S/C49H34N2O9/c52-44(28-32-16-22-41(23-17-32)58-47(55)33-10-4-1-5-11-33)36-29-37(45(53)50-39-18-24-42(25-19-39)59-48(56)34-12-6-2-7-13-34)31-38(30-36)46(54)51-40-20-26-43(27-21-40)60-49(57)35-14-8-3-9-15-35/h1-27,29-31H,28H2,(H,50,53)(H,51,54). The third kappa shape index (κ3) is 10.5. The number of Topliss-reactive ketones (excluding diaryl/α,β-unsaturated/α-hetero) is 1. The molecule has 0 radical (unpaired) electrons. The van der Waals surface area contributed by atoms with Crippen LogP contribution in [0.3, 0.4) is 0 Å². The number of carbonyl (C=O) groups excluding carboxylic acids is 6. The van der Waals surface area contributed by atoms with Crippen molar-refractivity contribution in [3.05, 3.63) is 221 Å². The molecule has 0 saturated carbocycles. The summed E-state index contributed by atoms with van der Waals surface area (Å²) in [4.78, 5) is 78.5. The van der Waals surface area contributed by atoms with Crippen molar-refractivity contribution in [3.8, 4) is 17.2 Å². The predicted octanol–water partition coefficient (Wildman–Crippen LogP) is 9.27. The maximum absolute atomic E-state index is 13.8. The molecule has 11 nitrogen and oxygen atoms in total. The number of hydrogen-bond donors (Lipinski definition) is 2. The van der Waals surface area contributed by atoms with Crippen molar-refractivity contribution >= 4 is 46.9 Å². The summed E-state index contributed by atoms with van der Waals surface area (Å²) in [5, 5.41) is 5.53. The molecule has 60 heavy (non-hydrogen) atoms. The molecule has 11 heteroatoms. The van der Waals surface area contributed by atoms with Crippen LogP contribution in [0.25, 0.3) is 0 Å². The van der Waals surface area contributed by atoms with E-state index < -0.39 is 29.7 Å². The molecular formula is C49H34N2O9. The maximum atomic E-state index is 13.8. The lowest BCUT2D eigenvalue weighted by Crippen LogP contribution is -2.18. The van der Waals surface area contributed by atoms with E-state index in [0.29, 0.717) is 39.4 Å². The number of benzene rings is 7. The molecule has 0 fully saturated rings. The van der Waals surface area contributed by atoms with Gasteiger partial charge in [-0.3, -0.25) is 14.4 Å². The largest absolute Gasteiger partial charge is 0.423 e. The van der Waals surface area contributed by atoms with Crippen LogP contribution < -0.4 is 24.8 Å². The first-order valence-electron chi connectivity index (χ1n) is 18.6. The minimum absolute atomic E-state index is 0.0249. The molecular weight excluding hydrogens is 761 g/mol. The first kappa shape index (κ1) is 39.8. The molecule has 0 saturated heterocycles. The zero-order chi connectivity index (χ0) is 41.8. The maximum Gasteiger partial charge on any atom is 0.343 e. The van der Waals surface area contributed by atoms with Gasteiger partial charge < -0.3 is 24.8 Å². The molecule has 0 aliphatic carbocycles. The number of ether oxygens (including phenoxy) is 3. The van der Waals surface area contributed by atoms with Gasteiger partial charge in [0.15, 0.2) is 5.78 Å². The summed E-state index contributed by atoms with van der Waals surface area (Å²) in [6, 6.07) is 48.5. The molecule has 0 aromatic heterocycles. The number of amides is 2. The second-order valence-electron chi connectivity index (χ2n) is 13.3. The van der Waals surface area contributed by atoms with Gasteiger partial charge in [0, 0.05) is 34.5 Å². The summed E-state index contributed by atoms with van der Waals surface area (Å²) in [5.41, 5.74) is 2.63. The van der Waals surface area contributed by atoms with Crippen molar-refractivity contribution in [1.82, 2.24) is 0 Å². The highest BCUT2D eigenvalue weighted by Crippen LogP contribution is 2.23. The Hall–Kier alpha value is -8.44. The van der Waals surface area contributed by atoms with E-state index in [9.17, 15) is 28.8 Å². The Balaban J connectivity index is 1.07. The van der Waals surface area contributed by atoms with Crippen LogP contribution in [-0.4, -0.2) is 35.5 Å². The molecule has 7 aromatic rings. The summed E-state index contributed by atoms with van der Waals surface area (Å²) < 4.78 is 16.3. The Labute approximate surface area is 344 Å². The van der Waals surface area contributed by atoms with E-state index in [1.165, 1.54) is 42.5 Å². The van der Waals surface area contributed by atoms with Crippen LogP contribution in [0, 0.1) is 0 Å². The quantitative estimate of drug-likeness (QED) is 0.0660. The summed E-state index contributed by atoms with van der Waals surface area (Å²) >= 11 is 0. The van der Waals surface area contributed by atoms with Gasteiger partial charge in [0.05, 0.1) is 16.7 Å². The highest BCUT2D eigenvalue weighted by atomic mass is 16.5.